The van der Waals surface area contributed by atoms with Crippen LogP contribution in [0.15, 0.2) is 59.5 Å². The van der Waals surface area contributed by atoms with Gasteiger partial charge in [0.25, 0.3) is 11.8 Å². The summed E-state index contributed by atoms with van der Waals surface area (Å²) >= 11 is 0. The standard InChI is InChI=1S/C28H31N5O4/c1-19-23(26(34)29-11-15-36-2)7-8-25-24(19)18-33(31-25)17-20-9-13-32(14-10-20)28(35)22-5-3-21(4-6-22)27-30-12-16-37-27/h3-8,12,16,18,20H,9-11,13-15,17H2,1-2H3,(H,29,34). The van der Waals surface area contributed by atoms with Gasteiger partial charge in [0.15, 0.2) is 0 Å². The summed E-state index contributed by atoms with van der Waals surface area (Å²) in [6, 6.07) is 11.1. The predicted octanol–water partition coefficient (Wildman–Crippen LogP) is 3.93. The summed E-state index contributed by atoms with van der Waals surface area (Å²) in [6.45, 7) is 5.14. The summed E-state index contributed by atoms with van der Waals surface area (Å²) in [5.74, 6) is 0.924. The Morgan fingerprint density at radius 3 is 2.62 bits per heavy atom. The van der Waals surface area contributed by atoms with Crippen LogP contribution in [-0.4, -0.2) is 64.8 Å². The van der Waals surface area contributed by atoms with Crippen molar-refractivity contribution < 1.29 is 18.7 Å². The smallest absolute Gasteiger partial charge is 0.253 e. The highest BCUT2D eigenvalue weighted by atomic mass is 16.5. The van der Waals surface area contributed by atoms with Crippen LogP contribution in [0.3, 0.4) is 0 Å². The molecule has 0 unspecified atom stereocenters. The summed E-state index contributed by atoms with van der Waals surface area (Å²) < 4.78 is 12.3. The average molecular weight is 502 g/mol. The number of carbonyl (C=O) groups excluding carboxylic acids is 2. The molecule has 9 nitrogen and oxygen atoms in total. The number of aryl methyl sites for hydroxylation is 1. The normalized spacial score (nSPS) is 14.3. The maximum atomic E-state index is 13.0. The second-order valence-corrected chi connectivity index (χ2v) is 9.42. The first-order chi connectivity index (χ1) is 18.0. The maximum Gasteiger partial charge on any atom is 0.253 e. The van der Waals surface area contributed by atoms with E-state index in [1.165, 1.54) is 6.26 Å². The first-order valence-corrected chi connectivity index (χ1v) is 12.6. The maximum absolute atomic E-state index is 13.0. The predicted molar refractivity (Wildman–Crippen MR) is 139 cm³/mol. The van der Waals surface area contributed by atoms with Crippen LogP contribution in [0.2, 0.25) is 0 Å². The molecule has 9 heteroatoms. The number of ether oxygens (including phenoxy) is 1. The summed E-state index contributed by atoms with van der Waals surface area (Å²) in [5, 5.41) is 8.61. The van der Waals surface area contributed by atoms with Crippen LogP contribution in [-0.2, 0) is 11.3 Å². The fourth-order valence-electron chi connectivity index (χ4n) is 4.87. The van der Waals surface area contributed by atoms with Crippen molar-refractivity contribution in [3.05, 3.63) is 71.7 Å². The Kier molecular flexibility index (Phi) is 7.32. The molecule has 1 aliphatic heterocycles. The van der Waals surface area contributed by atoms with Crippen LogP contribution < -0.4 is 5.32 Å². The van der Waals surface area contributed by atoms with Crippen molar-refractivity contribution in [2.75, 3.05) is 33.4 Å². The van der Waals surface area contributed by atoms with E-state index in [2.05, 4.69) is 10.3 Å². The number of rotatable bonds is 8. The molecule has 0 bridgehead atoms. The minimum absolute atomic E-state index is 0.0501. The molecule has 2 amide bonds. The van der Waals surface area contributed by atoms with Gasteiger partial charge < -0.3 is 19.4 Å². The lowest BCUT2D eigenvalue weighted by molar-refractivity contribution is 0.0681. The summed E-state index contributed by atoms with van der Waals surface area (Å²) in [7, 11) is 1.61. The Morgan fingerprint density at radius 1 is 1.14 bits per heavy atom. The van der Waals surface area contributed by atoms with Crippen molar-refractivity contribution in [1.82, 2.24) is 25.0 Å². The molecule has 0 spiro atoms. The molecule has 192 valence electrons. The zero-order valence-electron chi connectivity index (χ0n) is 21.1. The number of nitrogens with one attached hydrogen (secondary N) is 1. The highest BCUT2D eigenvalue weighted by Crippen LogP contribution is 2.25. The van der Waals surface area contributed by atoms with Crippen LogP contribution in [0, 0.1) is 12.8 Å². The highest BCUT2D eigenvalue weighted by molar-refractivity contribution is 6.00. The second-order valence-electron chi connectivity index (χ2n) is 9.42. The molecule has 37 heavy (non-hydrogen) atoms. The quantitative estimate of drug-likeness (QED) is 0.367. The van der Waals surface area contributed by atoms with Crippen LogP contribution in [0.4, 0.5) is 0 Å². The third-order valence-electron chi connectivity index (χ3n) is 7.00. The molecular formula is C28H31N5O4. The molecule has 1 saturated heterocycles. The largest absolute Gasteiger partial charge is 0.445 e. The number of likely N-dealkylation sites (tertiary alicyclic amines) is 1. The fraction of sp³-hybridized carbons (Fsp3) is 0.357. The summed E-state index contributed by atoms with van der Waals surface area (Å²) in [6.07, 6.45) is 7.01. The Morgan fingerprint density at radius 2 is 1.92 bits per heavy atom. The van der Waals surface area contributed by atoms with E-state index in [0.717, 1.165) is 54.5 Å². The van der Waals surface area contributed by atoms with Crippen molar-refractivity contribution >= 4 is 22.7 Å². The molecule has 0 atom stereocenters. The van der Waals surface area contributed by atoms with Crippen LogP contribution >= 0.6 is 0 Å². The third-order valence-corrected chi connectivity index (χ3v) is 7.00. The lowest BCUT2D eigenvalue weighted by atomic mass is 9.96. The Balaban J connectivity index is 1.18. The minimum atomic E-state index is -0.103. The van der Waals surface area contributed by atoms with E-state index in [-0.39, 0.29) is 11.8 Å². The summed E-state index contributed by atoms with van der Waals surface area (Å²) in [4.78, 5) is 31.6. The number of hydrogen-bond acceptors (Lipinski definition) is 6. The molecule has 0 aliphatic carbocycles. The van der Waals surface area contributed by atoms with Gasteiger partial charge in [-0.05, 0) is 67.6 Å². The van der Waals surface area contributed by atoms with E-state index in [0.29, 0.717) is 36.1 Å². The topological polar surface area (TPSA) is 102 Å². The summed E-state index contributed by atoms with van der Waals surface area (Å²) in [5.41, 5.74) is 3.98. The first kappa shape index (κ1) is 24.7. The first-order valence-electron chi connectivity index (χ1n) is 12.6. The second kappa shape index (κ2) is 11.0. The van der Waals surface area contributed by atoms with Crippen LogP contribution in [0.25, 0.3) is 22.4 Å². The number of amides is 2. The number of methoxy groups -OCH3 is 1. The lowest BCUT2D eigenvalue weighted by Crippen LogP contribution is -2.39. The van der Waals surface area contributed by atoms with Gasteiger partial charge in [0.05, 0.1) is 18.3 Å². The van der Waals surface area contributed by atoms with Crippen molar-refractivity contribution in [2.45, 2.75) is 26.3 Å². The Bertz CT molecular complexity index is 1370. The van der Waals surface area contributed by atoms with Gasteiger partial charge in [0.2, 0.25) is 5.89 Å². The molecule has 0 saturated carbocycles. The Labute approximate surface area is 215 Å². The fourth-order valence-corrected chi connectivity index (χ4v) is 4.87. The van der Waals surface area contributed by atoms with E-state index < -0.39 is 0 Å². The van der Waals surface area contributed by atoms with Gasteiger partial charge >= 0.3 is 0 Å². The van der Waals surface area contributed by atoms with Gasteiger partial charge in [0.1, 0.15) is 6.26 Å². The van der Waals surface area contributed by atoms with E-state index >= 15 is 0 Å². The number of aromatic nitrogens is 3. The van der Waals surface area contributed by atoms with E-state index in [9.17, 15) is 9.59 Å². The molecule has 4 aromatic rings. The third kappa shape index (κ3) is 5.41. The number of oxazole rings is 1. The van der Waals surface area contributed by atoms with Gasteiger partial charge in [-0.2, -0.15) is 5.10 Å². The Hall–Kier alpha value is -3.98. The number of piperidine rings is 1. The van der Waals surface area contributed by atoms with Gasteiger partial charge in [-0.3, -0.25) is 14.3 Å². The molecule has 2 aromatic carbocycles. The lowest BCUT2D eigenvalue weighted by Gasteiger charge is -2.32. The number of carbonyl (C=O) groups is 2. The van der Waals surface area contributed by atoms with Gasteiger partial charge in [-0.1, -0.05) is 0 Å². The van der Waals surface area contributed by atoms with Gasteiger partial charge in [-0.25, -0.2) is 4.98 Å². The SMILES string of the molecule is COCCNC(=O)c1ccc2nn(CC3CCN(C(=O)c4ccc(-c5ncco5)cc4)CC3)cc2c1C. The molecule has 1 fully saturated rings. The van der Waals surface area contributed by atoms with Gasteiger partial charge in [0, 0.05) is 61.6 Å². The number of nitrogens with zero attached hydrogens (tertiary/aromatic N) is 4. The highest BCUT2D eigenvalue weighted by Gasteiger charge is 2.24. The molecule has 1 aliphatic rings. The van der Waals surface area contributed by atoms with Crippen molar-refractivity contribution in [3.8, 4) is 11.5 Å². The molecule has 5 rings (SSSR count). The molecule has 1 N–H and O–H groups in total. The van der Waals surface area contributed by atoms with Gasteiger partial charge in [-0.15, -0.1) is 0 Å². The zero-order valence-corrected chi connectivity index (χ0v) is 21.1. The van der Waals surface area contributed by atoms with Crippen LogP contribution in [0.1, 0.15) is 39.1 Å². The monoisotopic (exact) mass is 501 g/mol. The van der Waals surface area contributed by atoms with E-state index in [1.807, 2.05) is 59.1 Å². The van der Waals surface area contributed by atoms with Crippen molar-refractivity contribution in [1.29, 1.82) is 0 Å². The van der Waals surface area contributed by atoms with Crippen LogP contribution in [0.5, 0.6) is 0 Å². The van der Waals surface area contributed by atoms with E-state index in [1.54, 1.807) is 13.3 Å². The van der Waals surface area contributed by atoms with E-state index in [4.69, 9.17) is 14.3 Å². The molecule has 3 heterocycles. The molecule has 0 radical (unpaired) electrons. The number of hydrogen-bond donors (Lipinski definition) is 1. The number of benzene rings is 2. The molecular weight excluding hydrogens is 470 g/mol. The van der Waals surface area contributed by atoms with Crippen molar-refractivity contribution in [3.63, 3.8) is 0 Å². The molecule has 2 aromatic heterocycles. The zero-order chi connectivity index (χ0) is 25.8. The number of fused-ring (bicyclic) bond motifs is 1. The average Bonchev–Trinajstić information content (AvgIpc) is 3.60. The minimum Gasteiger partial charge on any atom is -0.445 e. The van der Waals surface area contributed by atoms with Crippen molar-refractivity contribution in [2.24, 2.45) is 5.92 Å².